The molecule has 6 heteroatoms. The van der Waals surface area contributed by atoms with E-state index >= 15 is 0 Å². The Bertz CT molecular complexity index is 1170. The van der Waals surface area contributed by atoms with Crippen molar-refractivity contribution in [3.8, 4) is 11.4 Å². The number of fused-ring (bicyclic) bond motifs is 5. The van der Waals surface area contributed by atoms with Gasteiger partial charge >= 0.3 is 5.97 Å². The zero-order valence-corrected chi connectivity index (χ0v) is 16.2. The number of hydrogen-bond donors (Lipinski definition) is 1. The molecular formula is C22H22N2O4. The minimum absolute atomic E-state index is 0.110. The number of cyclic esters (lactones) is 1. The summed E-state index contributed by atoms with van der Waals surface area (Å²) in [7, 11) is 0. The Morgan fingerprint density at radius 3 is 2.71 bits per heavy atom. The van der Waals surface area contributed by atoms with Gasteiger partial charge in [0.1, 0.15) is 6.61 Å². The third kappa shape index (κ3) is 2.41. The first-order valence-electron chi connectivity index (χ1n) is 9.59. The topological polar surface area (TPSA) is 81.4 Å². The third-order valence-corrected chi connectivity index (χ3v) is 5.42. The first-order chi connectivity index (χ1) is 13.5. The predicted molar refractivity (Wildman–Crippen MR) is 106 cm³/mol. The summed E-state index contributed by atoms with van der Waals surface area (Å²) in [5.74, 6) is -0.707. The highest BCUT2D eigenvalue weighted by Gasteiger charge is 2.45. The summed E-state index contributed by atoms with van der Waals surface area (Å²) < 4.78 is 6.72. The SMILES string of the molecule is CC.CCC1(O)C(=O)OCc2c1cc1n(c2=O)Cc2cc3ccccc3nc2-1. The van der Waals surface area contributed by atoms with Gasteiger partial charge in [-0.2, -0.15) is 0 Å². The molecule has 0 radical (unpaired) electrons. The maximum atomic E-state index is 13.0. The predicted octanol–water partition coefficient (Wildman–Crippen LogP) is 3.11. The zero-order valence-electron chi connectivity index (χ0n) is 16.2. The van der Waals surface area contributed by atoms with Gasteiger partial charge in [-0.25, -0.2) is 9.78 Å². The molecule has 0 fully saturated rings. The standard InChI is InChI=1S/C20H16N2O4.C2H6/c1-2-20(25)14-8-16-17-12(7-11-5-3-4-6-15(11)21-17)9-22(16)18(23)13(14)10-26-19(20)24;1-2/h3-8,25H,2,9-10H2,1H3;1-2H3. The fourth-order valence-electron chi connectivity index (χ4n) is 3.93. The number of carbonyl (C=O) groups excluding carboxylic acids is 1. The van der Waals surface area contributed by atoms with Crippen LogP contribution in [0.3, 0.4) is 0 Å². The van der Waals surface area contributed by atoms with Gasteiger partial charge in [-0.05, 0) is 24.6 Å². The minimum Gasteiger partial charge on any atom is -0.458 e. The summed E-state index contributed by atoms with van der Waals surface area (Å²) >= 11 is 0. The fourth-order valence-corrected chi connectivity index (χ4v) is 3.93. The van der Waals surface area contributed by atoms with E-state index < -0.39 is 11.6 Å². The number of pyridine rings is 2. The number of rotatable bonds is 1. The fraction of sp³-hybridized carbons (Fsp3) is 0.318. The van der Waals surface area contributed by atoms with Gasteiger partial charge in [0.05, 0.1) is 29.0 Å². The van der Waals surface area contributed by atoms with Crippen molar-refractivity contribution in [3.63, 3.8) is 0 Å². The van der Waals surface area contributed by atoms with Crippen LogP contribution in [0.4, 0.5) is 0 Å². The second-order valence-electron chi connectivity index (χ2n) is 6.79. The van der Waals surface area contributed by atoms with Crippen molar-refractivity contribution in [2.75, 3.05) is 0 Å². The van der Waals surface area contributed by atoms with Crippen molar-refractivity contribution in [1.29, 1.82) is 0 Å². The van der Waals surface area contributed by atoms with E-state index in [1.54, 1.807) is 17.6 Å². The summed E-state index contributed by atoms with van der Waals surface area (Å²) in [5, 5.41) is 11.8. The number of esters is 1. The molecule has 28 heavy (non-hydrogen) atoms. The van der Waals surface area contributed by atoms with Crippen LogP contribution in [0.25, 0.3) is 22.3 Å². The van der Waals surface area contributed by atoms with E-state index in [1.807, 2.05) is 44.2 Å². The summed E-state index contributed by atoms with van der Waals surface area (Å²) in [5.41, 5.74) is 1.81. The molecule has 0 saturated heterocycles. The molecule has 0 aliphatic carbocycles. The number of aliphatic hydroxyl groups is 1. The molecule has 1 unspecified atom stereocenters. The number of para-hydroxylation sites is 1. The van der Waals surface area contributed by atoms with Gasteiger partial charge in [-0.3, -0.25) is 4.79 Å². The third-order valence-electron chi connectivity index (χ3n) is 5.42. The van der Waals surface area contributed by atoms with Crippen LogP contribution in [0.15, 0.2) is 41.2 Å². The van der Waals surface area contributed by atoms with Gasteiger partial charge < -0.3 is 14.4 Å². The lowest BCUT2D eigenvalue weighted by molar-refractivity contribution is -0.172. The molecule has 0 bridgehead atoms. The zero-order chi connectivity index (χ0) is 20.1. The van der Waals surface area contributed by atoms with Crippen molar-refractivity contribution in [2.45, 2.75) is 45.9 Å². The Balaban J connectivity index is 0.000000932. The van der Waals surface area contributed by atoms with Crippen LogP contribution in [-0.2, 0) is 28.3 Å². The van der Waals surface area contributed by atoms with E-state index in [4.69, 9.17) is 9.72 Å². The van der Waals surface area contributed by atoms with Crippen LogP contribution < -0.4 is 5.56 Å². The number of aromatic nitrogens is 2. The highest BCUT2D eigenvalue weighted by molar-refractivity contribution is 5.86. The lowest BCUT2D eigenvalue weighted by atomic mass is 9.86. The summed E-state index contributed by atoms with van der Waals surface area (Å²) in [6.07, 6.45) is 0.139. The number of benzene rings is 1. The van der Waals surface area contributed by atoms with Crippen molar-refractivity contribution >= 4 is 16.9 Å². The second-order valence-corrected chi connectivity index (χ2v) is 6.79. The minimum atomic E-state index is -1.79. The molecule has 1 N–H and O–H groups in total. The highest BCUT2D eigenvalue weighted by atomic mass is 16.6. The summed E-state index contributed by atoms with van der Waals surface area (Å²) in [4.78, 5) is 29.9. The van der Waals surface area contributed by atoms with Crippen molar-refractivity contribution in [3.05, 3.63) is 63.4 Å². The van der Waals surface area contributed by atoms with Gasteiger partial charge in [-0.1, -0.05) is 39.0 Å². The molecule has 2 aliphatic rings. The second kappa shape index (κ2) is 6.56. The number of nitrogens with zero attached hydrogens (tertiary/aromatic N) is 2. The Morgan fingerprint density at radius 2 is 1.96 bits per heavy atom. The molecular weight excluding hydrogens is 356 g/mol. The molecule has 144 valence electrons. The maximum absolute atomic E-state index is 13.0. The molecule has 4 heterocycles. The van der Waals surface area contributed by atoms with Crippen LogP contribution >= 0.6 is 0 Å². The first-order valence-corrected chi connectivity index (χ1v) is 9.59. The van der Waals surface area contributed by atoms with Gasteiger partial charge in [0, 0.05) is 16.5 Å². The van der Waals surface area contributed by atoms with Crippen LogP contribution in [-0.4, -0.2) is 20.6 Å². The van der Waals surface area contributed by atoms with Crippen molar-refractivity contribution in [2.24, 2.45) is 0 Å². The van der Waals surface area contributed by atoms with Crippen LogP contribution in [0.2, 0.25) is 0 Å². The van der Waals surface area contributed by atoms with Crippen molar-refractivity contribution in [1.82, 2.24) is 9.55 Å². The van der Waals surface area contributed by atoms with Gasteiger partial charge in [0.2, 0.25) is 0 Å². The molecule has 1 atom stereocenters. The molecule has 2 aliphatic heterocycles. The average Bonchev–Trinajstić information content (AvgIpc) is 3.09. The van der Waals surface area contributed by atoms with E-state index in [1.165, 1.54) is 0 Å². The molecule has 1 aromatic carbocycles. The molecule has 0 spiro atoms. The Kier molecular flexibility index (Phi) is 4.31. The van der Waals surface area contributed by atoms with E-state index in [9.17, 15) is 14.7 Å². The van der Waals surface area contributed by atoms with Crippen LogP contribution in [0.5, 0.6) is 0 Å². The molecule has 5 rings (SSSR count). The molecule has 0 saturated carbocycles. The van der Waals surface area contributed by atoms with Crippen molar-refractivity contribution < 1.29 is 14.6 Å². The number of hydrogen-bond acceptors (Lipinski definition) is 5. The number of ether oxygens (including phenoxy) is 1. The largest absolute Gasteiger partial charge is 0.458 e. The maximum Gasteiger partial charge on any atom is 0.343 e. The molecule has 6 nitrogen and oxygen atoms in total. The Hall–Kier alpha value is -2.99. The van der Waals surface area contributed by atoms with Gasteiger partial charge in [-0.15, -0.1) is 0 Å². The summed E-state index contributed by atoms with van der Waals surface area (Å²) in [6, 6.07) is 11.6. The molecule has 3 aromatic rings. The highest BCUT2D eigenvalue weighted by Crippen LogP contribution is 2.38. The Morgan fingerprint density at radius 1 is 1.21 bits per heavy atom. The molecule has 0 amide bonds. The first kappa shape index (κ1) is 18.4. The summed E-state index contributed by atoms with van der Waals surface area (Å²) in [6.45, 7) is 6.01. The average molecular weight is 378 g/mol. The quantitative estimate of drug-likeness (QED) is 0.515. The van der Waals surface area contributed by atoms with Crippen LogP contribution in [0, 0.1) is 0 Å². The van der Waals surface area contributed by atoms with Gasteiger partial charge in [0.25, 0.3) is 5.56 Å². The van der Waals surface area contributed by atoms with E-state index in [-0.39, 0.29) is 18.6 Å². The lowest BCUT2D eigenvalue weighted by Crippen LogP contribution is -2.44. The van der Waals surface area contributed by atoms with E-state index in [2.05, 4.69) is 0 Å². The lowest BCUT2D eigenvalue weighted by Gasteiger charge is -2.31. The van der Waals surface area contributed by atoms with Gasteiger partial charge in [0.15, 0.2) is 5.60 Å². The number of carbonyl (C=O) groups is 1. The van der Waals surface area contributed by atoms with E-state index in [0.717, 1.165) is 22.2 Å². The smallest absolute Gasteiger partial charge is 0.343 e. The van der Waals surface area contributed by atoms with E-state index in [0.29, 0.717) is 23.4 Å². The monoisotopic (exact) mass is 378 g/mol. The van der Waals surface area contributed by atoms with Crippen LogP contribution in [0.1, 0.15) is 43.9 Å². The Labute approximate surface area is 162 Å². The molecule has 2 aromatic heterocycles. The normalized spacial score (nSPS) is 19.2.